The van der Waals surface area contributed by atoms with Gasteiger partial charge in [0, 0.05) is 0 Å². The first-order valence-corrected chi connectivity index (χ1v) is 6.36. The first kappa shape index (κ1) is 16.9. The van der Waals surface area contributed by atoms with Gasteiger partial charge in [-0.3, -0.25) is 4.55 Å². The molecule has 0 aliphatic heterocycles. The molecule has 1 aromatic carbocycles. The minimum atomic E-state index is -5.54. The van der Waals surface area contributed by atoms with E-state index in [9.17, 15) is 31.2 Å². The molecule has 0 radical (unpaired) electrons. The van der Waals surface area contributed by atoms with Crippen LogP contribution >= 0.6 is 0 Å². The lowest BCUT2D eigenvalue weighted by Gasteiger charge is -2.11. The highest BCUT2D eigenvalue weighted by molar-refractivity contribution is 7.85. The van der Waals surface area contributed by atoms with Crippen LogP contribution in [0.4, 0.5) is 13.2 Å². The summed E-state index contributed by atoms with van der Waals surface area (Å²) < 4.78 is 80.2. The van der Waals surface area contributed by atoms with E-state index in [-0.39, 0.29) is 0 Å². The summed E-state index contributed by atoms with van der Waals surface area (Å²) in [6, 6.07) is 0. The summed E-state index contributed by atoms with van der Waals surface area (Å²) in [7, 11) is -4.13. The predicted octanol–water partition coefficient (Wildman–Crippen LogP) is 0.924. The van der Waals surface area contributed by atoms with Gasteiger partial charge in [-0.05, 0) is 0 Å². The lowest BCUT2D eigenvalue weighted by atomic mass is 10.1. The number of carbonyl (C=O) groups is 2. The zero-order valence-corrected chi connectivity index (χ0v) is 11.3. The maximum Gasteiger partial charge on any atom is 0.343 e. The highest BCUT2D eigenvalue weighted by atomic mass is 32.2. The van der Waals surface area contributed by atoms with Crippen molar-refractivity contribution < 1.29 is 45.2 Å². The smallest absolute Gasteiger partial charge is 0.343 e. The molecular formula is C10H7F3O7S. The van der Waals surface area contributed by atoms with Crippen molar-refractivity contribution in [2.24, 2.45) is 0 Å². The van der Waals surface area contributed by atoms with Crippen LogP contribution in [0.15, 0.2) is 4.90 Å². The van der Waals surface area contributed by atoms with Gasteiger partial charge in [0.25, 0.3) is 10.1 Å². The lowest BCUT2D eigenvalue weighted by Crippen LogP contribution is -2.20. The zero-order chi connectivity index (χ0) is 16.5. The molecule has 11 heteroatoms. The average Bonchev–Trinajstić information content (AvgIpc) is 2.35. The van der Waals surface area contributed by atoms with Gasteiger partial charge in [0.1, 0.15) is 11.1 Å². The molecule has 0 saturated carbocycles. The molecule has 1 aromatic rings. The van der Waals surface area contributed by atoms with Gasteiger partial charge in [-0.2, -0.15) is 8.42 Å². The van der Waals surface area contributed by atoms with Crippen molar-refractivity contribution in [1.29, 1.82) is 0 Å². The zero-order valence-electron chi connectivity index (χ0n) is 10.4. The number of hydrogen-bond acceptors (Lipinski definition) is 6. The molecule has 1 N–H and O–H groups in total. The van der Waals surface area contributed by atoms with E-state index in [1.54, 1.807) is 0 Å². The number of methoxy groups -OCH3 is 2. The van der Waals surface area contributed by atoms with Gasteiger partial charge in [-0.15, -0.1) is 0 Å². The normalized spacial score (nSPS) is 11.1. The number of esters is 2. The van der Waals surface area contributed by atoms with Crippen LogP contribution in [0.5, 0.6) is 0 Å². The molecule has 1 rings (SSSR count). The second-order valence-electron chi connectivity index (χ2n) is 3.48. The van der Waals surface area contributed by atoms with Gasteiger partial charge in [0.05, 0.1) is 14.2 Å². The monoisotopic (exact) mass is 328 g/mol. The van der Waals surface area contributed by atoms with Crippen molar-refractivity contribution in [3.8, 4) is 0 Å². The number of ether oxygens (including phenoxy) is 2. The maximum atomic E-state index is 13.9. The molecule has 0 saturated heterocycles. The van der Waals surface area contributed by atoms with E-state index < -0.39 is 55.5 Å². The van der Waals surface area contributed by atoms with Crippen LogP contribution < -0.4 is 0 Å². The standard InChI is InChI=1S/C10H7F3O7S/c1-19-9(14)3-5(11)4(10(15)20-2)7(13)8(6(3)12)21(16,17)18/h1-2H3,(H,16,17,18). The van der Waals surface area contributed by atoms with Gasteiger partial charge in [-0.25, -0.2) is 22.8 Å². The molecule has 0 bridgehead atoms. The summed E-state index contributed by atoms with van der Waals surface area (Å²) >= 11 is 0. The Kier molecular flexibility index (Phi) is 4.59. The summed E-state index contributed by atoms with van der Waals surface area (Å²) in [6.45, 7) is 0. The van der Waals surface area contributed by atoms with E-state index in [0.29, 0.717) is 14.2 Å². The van der Waals surface area contributed by atoms with E-state index in [2.05, 4.69) is 9.47 Å². The van der Waals surface area contributed by atoms with Gasteiger partial charge in [0.2, 0.25) is 0 Å². The fourth-order valence-electron chi connectivity index (χ4n) is 1.43. The molecule has 0 heterocycles. The number of benzene rings is 1. The average molecular weight is 328 g/mol. The number of halogens is 3. The third-order valence-electron chi connectivity index (χ3n) is 2.31. The second-order valence-corrected chi connectivity index (χ2v) is 4.84. The molecule has 0 spiro atoms. The van der Waals surface area contributed by atoms with E-state index >= 15 is 0 Å². The first-order chi connectivity index (χ1) is 9.57. The molecule has 0 fully saturated rings. The van der Waals surface area contributed by atoms with Crippen molar-refractivity contribution in [1.82, 2.24) is 0 Å². The summed E-state index contributed by atoms with van der Waals surface area (Å²) in [5, 5.41) is 0. The Labute approximate surface area is 116 Å². The molecule has 0 aliphatic rings. The van der Waals surface area contributed by atoms with Crippen molar-refractivity contribution in [3.05, 3.63) is 28.6 Å². The maximum absolute atomic E-state index is 13.9. The lowest BCUT2D eigenvalue weighted by molar-refractivity contribution is 0.0579. The van der Waals surface area contributed by atoms with Gasteiger partial charge in [-0.1, -0.05) is 0 Å². The molecule has 116 valence electrons. The van der Waals surface area contributed by atoms with Crippen LogP contribution in [0.25, 0.3) is 0 Å². The minimum absolute atomic E-state index is 0.704. The Morgan fingerprint density at radius 2 is 1.24 bits per heavy atom. The Balaban J connectivity index is 4.02. The quantitative estimate of drug-likeness (QED) is 0.649. The van der Waals surface area contributed by atoms with Crippen molar-refractivity contribution in [2.45, 2.75) is 4.90 Å². The third kappa shape index (κ3) is 2.83. The van der Waals surface area contributed by atoms with Gasteiger partial charge in [0.15, 0.2) is 22.3 Å². The SMILES string of the molecule is COC(=O)c1c(F)c(C(=O)OC)c(F)c(S(=O)(=O)O)c1F. The molecule has 7 nitrogen and oxygen atoms in total. The fraction of sp³-hybridized carbons (Fsp3) is 0.200. The summed E-state index contributed by atoms with van der Waals surface area (Å²) in [5.74, 6) is -9.92. The van der Waals surface area contributed by atoms with Crippen molar-refractivity contribution >= 4 is 22.1 Å². The highest BCUT2D eigenvalue weighted by Crippen LogP contribution is 2.29. The van der Waals surface area contributed by atoms with Crippen LogP contribution in [0.2, 0.25) is 0 Å². The molecule has 0 amide bonds. The molecule has 0 aliphatic carbocycles. The van der Waals surface area contributed by atoms with E-state index in [4.69, 9.17) is 4.55 Å². The van der Waals surface area contributed by atoms with Gasteiger partial charge >= 0.3 is 11.9 Å². The second kappa shape index (κ2) is 5.69. The van der Waals surface area contributed by atoms with Gasteiger partial charge < -0.3 is 9.47 Å². The van der Waals surface area contributed by atoms with Crippen LogP contribution in [-0.4, -0.2) is 39.1 Å². The van der Waals surface area contributed by atoms with Crippen molar-refractivity contribution in [3.63, 3.8) is 0 Å². The summed E-state index contributed by atoms with van der Waals surface area (Å²) in [5.41, 5.74) is -3.32. The van der Waals surface area contributed by atoms with E-state index in [1.807, 2.05) is 0 Å². The summed E-state index contributed by atoms with van der Waals surface area (Å²) in [6.07, 6.45) is 0. The topological polar surface area (TPSA) is 107 Å². The van der Waals surface area contributed by atoms with E-state index in [0.717, 1.165) is 0 Å². The first-order valence-electron chi connectivity index (χ1n) is 4.92. The number of rotatable bonds is 3. The predicted molar refractivity (Wildman–Crippen MR) is 58.8 cm³/mol. The Hall–Kier alpha value is -2.14. The number of hydrogen-bond donors (Lipinski definition) is 1. The van der Waals surface area contributed by atoms with Crippen LogP contribution in [0, 0.1) is 17.5 Å². The highest BCUT2D eigenvalue weighted by Gasteiger charge is 2.37. The van der Waals surface area contributed by atoms with Crippen LogP contribution in [0.1, 0.15) is 20.7 Å². The third-order valence-corrected chi connectivity index (χ3v) is 3.19. The van der Waals surface area contributed by atoms with E-state index in [1.165, 1.54) is 0 Å². The molecule has 0 aromatic heterocycles. The van der Waals surface area contributed by atoms with Crippen LogP contribution in [0.3, 0.4) is 0 Å². The molecule has 0 unspecified atom stereocenters. The number of carbonyl (C=O) groups excluding carboxylic acids is 2. The molecular weight excluding hydrogens is 321 g/mol. The Morgan fingerprint density at radius 1 is 0.905 bits per heavy atom. The van der Waals surface area contributed by atoms with Crippen LogP contribution in [-0.2, 0) is 19.6 Å². The Bertz CT molecular complexity index is 684. The van der Waals surface area contributed by atoms with Crippen molar-refractivity contribution in [2.75, 3.05) is 14.2 Å². The molecule has 0 atom stereocenters. The Morgan fingerprint density at radius 3 is 1.48 bits per heavy atom. The summed E-state index contributed by atoms with van der Waals surface area (Å²) in [4.78, 5) is 20.4. The molecule has 21 heavy (non-hydrogen) atoms. The minimum Gasteiger partial charge on any atom is -0.465 e. The largest absolute Gasteiger partial charge is 0.465 e. The fourth-order valence-corrected chi connectivity index (χ4v) is 2.09.